The van der Waals surface area contributed by atoms with Crippen molar-refractivity contribution in [1.82, 2.24) is 0 Å². The van der Waals surface area contributed by atoms with Gasteiger partial charge in [-0.2, -0.15) is 0 Å². The van der Waals surface area contributed by atoms with Crippen molar-refractivity contribution in [2.24, 2.45) is 0 Å². The molecule has 0 saturated carbocycles. The summed E-state index contributed by atoms with van der Waals surface area (Å²) < 4.78 is 0. The largest absolute Gasteiger partial charge is 0.0622 e. The van der Waals surface area contributed by atoms with E-state index in [-0.39, 0.29) is 0 Å². The summed E-state index contributed by atoms with van der Waals surface area (Å²) in [6.07, 6.45) is 0. The highest BCUT2D eigenvalue weighted by Gasteiger charge is 2.08. The Kier molecular flexibility index (Phi) is 13.4. The number of benzene rings is 8. The van der Waals surface area contributed by atoms with E-state index in [2.05, 4.69) is 219 Å². The van der Waals surface area contributed by atoms with E-state index < -0.39 is 0 Å². The zero-order valence-corrected chi connectivity index (χ0v) is 32.5. The minimum atomic E-state index is 0.560. The summed E-state index contributed by atoms with van der Waals surface area (Å²) in [6, 6.07) is 60.5. The van der Waals surface area contributed by atoms with Gasteiger partial charge in [0.1, 0.15) is 0 Å². The standard InChI is InChI=1S/C17H16.2C13H14.C9H12/c1-12(2)17-11-13-7-3-4-8-14(13)15-9-5-6-10-16(15)17;1-10(2)12-9-5-7-11-6-3-4-8-13(11)12;1-10(2)12-8-7-11-5-3-4-6-13(11)9-12;1-8(2)9-6-4-3-5-7-9/h3-12H,1-2H3;2*3-10H,1-2H3;3-8H,1-2H3. The van der Waals surface area contributed by atoms with Crippen LogP contribution in [0.2, 0.25) is 0 Å². The maximum atomic E-state index is 2.34. The zero-order chi connectivity index (χ0) is 37.0. The van der Waals surface area contributed by atoms with E-state index in [1.54, 1.807) is 0 Å². The van der Waals surface area contributed by atoms with Gasteiger partial charge < -0.3 is 0 Å². The summed E-state index contributed by atoms with van der Waals surface area (Å²) in [7, 11) is 0. The Morgan fingerprint density at radius 3 is 1.33 bits per heavy atom. The van der Waals surface area contributed by atoms with Crippen LogP contribution in [0.5, 0.6) is 0 Å². The highest BCUT2D eigenvalue weighted by Crippen LogP contribution is 2.32. The Balaban J connectivity index is 0.000000137. The highest BCUT2D eigenvalue weighted by atomic mass is 14.1. The van der Waals surface area contributed by atoms with E-state index in [0.717, 1.165) is 0 Å². The number of fused-ring (bicyclic) bond motifs is 5. The molecule has 0 heterocycles. The molecule has 8 rings (SSSR count). The molecule has 0 unspecified atom stereocenters. The fraction of sp³-hybridized carbons (Fsp3) is 0.231. The molecule has 0 amide bonds. The third-order valence-electron chi connectivity index (χ3n) is 9.77. The van der Waals surface area contributed by atoms with Crippen LogP contribution in [0.4, 0.5) is 0 Å². The molecule has 0 aliphatic rings. The second-order valence-corrected chi connectivity index (χ2v) is 14.9. The van der Waals surface area contributed by atoms with Crippen LogP contribution in [0.3, 0.4) is 0 Å². The van der Waals surface area contributed by atoms with Gasteiger partial charge in [0.05, 0.1) is 0 Å². The first kappa shape index (κ1) is 38.0. The summed E-state index contributed by atoms with van der Waals surface area (Å²) in [6.45, 7) is 17.9. The second kappa shape index (κ2) is 18.3. The van der Waals surface area contributed by atoms with Crippen molar-refractivity contribution >= 4 is 43.1 Å². The van der Waals surface area contributed by atoms with Crippen molar-refractivity contribution < 1.29 is 0 Å². The fourth-order valence-corrected chi connectivity index (χ4v) is 6.72. The third kappa shape index (κ3) is 9.77. The lowest BCUT2D eigenvalue weighted by Gasteiger charge is -2.13. The van der Waals surface area contributed by atoms with Gasteiger partial charge in [0.15, 0.2) is 0 Å². The van der Waals surface area contributed by atoms with Crippen molar-refractivity contribution in [1.29, 1.82) is 0 Å². The maximum absolute atomic E-state index is 2.34. The van der Waals surface area contributed by atoms with Gasteiger partial charge in [0, 0.05) is 0 Å². The lowest BCUT2D eigenvalue weighted by Crippen LogP contribution is -1.90. The molecular weight excluding hydrogens is 625 g/mol. The molecule has 8 aromatic rings. The molecule has 8 aromatic carbocycles. The molecule has 0 N–H and O–H groups in total. The van der Waals surface area contributed by atoms with Gasteiger partial charge in [-0.3, -0.25) is 0 Å². The topological polar surface area (TPSA) is 0 Å². The van der Waals surface area contributed by atoms with Crippen LogP contribution in [0, 0.1) is 0 Å². The van der Waals surface area contributed by atoms with Crippen LogP contribution < -0.4 is 0 Å². The summed E-state index contributed by atoms with van der Waals surface area (Å²) in [5.74, 6) is 2.44. The molecule has 0 fully saturated rings. The van der Waals surface area contributed by atoms with Crippen LogP contribution in [0.1, 0.15) is 101 Å². The third-order valence-corrected chi connectivity index (χ3v) is 9.77. The highest BCUT2D eigenvalue weighted by molar-refractivity contribution is 6.09. The smallest absolute Gasteiger partial charge is 0.0103 e. The van der Waals surface area contributed by atoms with E-state index in [4.69, 9.17) is 0 Å². The van der Waals surface area contributed by atoms with E-state index in [1.165, 1.54) is 65.3 Å². The first-order chi connectivity index (χ1) is 25.1. The number of rotatable bonds is 4. The Morgan fingerprint density at radius 1 is 0.250 bits per heavy atom. The molecule has 0 atom stereocenters. The Hall–Kier alpha value is -5.20. The second-order valence-electron chi connectivity index (χ2n) is 14.9. The lowest BCUT2D eigenvalue weighted by molar-refractivity contribution is 0.867. The number of hydrogen-bond acceptors (Lipinski definition) is 0. The van der Waals surface area contributed by atoms with Crippen molar-refractivity contribution in [2.45, 2.75) is 79.1 Å². The first-order valence-corrected chi connectivity index (χ1v) is 19.1. The molecule has 0 aromatic heterocycles. The molecule has 0 saturated heterocycles. The predicted octanol–water partition coefficient (Wildman–Crippen LogP) is 15.9. The summed E-state index contributed by atoms with van der Waals surface area (Å²) >= 11 is 0. The molecule has 52 heavy (non-hydrogen) atoms. The number of hydrogen-bond donors (Lipinski definition) is 0. The quantitative estimate of drug-likeness (QED) is 0.162. The molecule has 0 spiro atoms. The van der Waals surface area contributed by atoms with Crippen molar-refractivity contribution in [3.8, 4) is 0 Å². The van der Waals surface area contributed by atoms with Gasteiger partial charge in [-0.05, 0) is 89.0 Å². The van der Waals surface area contributed by atoms with E-state index >= 15 is 0 Å². The molecule has 0 heteroatoms. The average Bonchev–Trinajstić information content (AvgIpc) is 3.18. The predicted molar refractivity (Wildman–Crippen MR) is 232 cm³/mol. The average molecular weight is 681 g/mol. The Bertz CT molecular complexity index is 2290. The van der Waals surface area contributed by atoms with Crippen molar-refractivity contribution in [2.75, 3.05) is 0 Å². The minimum absolute atomic E-state index is 0.560. The van der Waals surface area contributed by atoms with Crippen LogP contribution in [-0.2, 0) is 0 Å². The van der Waals surface area contributed by atoms with Gasteiger partial charge in [0.2, 0.25) is 0 Å². The zero-order valence-electron chi connectivity index (χ0n) is 32.5. The molecule has 0 bridgehead atoms. The van der Waals surface area contributed by atoms with Gasteiger partial charge in [0.25, 0.3) is 0 Å². The van der Waals surface area contributed by atoms with Crippen LogP contribution in [-0.4, -0.2) is 0 Å². The van der Waals surface area contributed by atoms with Crippen molar-refractivity contribution in [3.63, 3.8) is 0 Å². The molecule has 0 aliphatic heterocycles. The van der Waals surface area contributed by atoms with Crippen molar-refractivity contribution in [3.05, 3.63) is 192 Å². The summed E-state index contributed by atoms with van der Waals surface area (Å²) in [4.78, 5) is 0. The Morgan fingerprint density at radius 2 is 0.731 bits per heavy atom. The molecule has 0 radical (unpaired) electrons. The summed E-state index contributed by atoms with van der Waals surface area (Å²) in [5.41, 5.74) is 5.72. The lowest BCUT2D eigenvalue weighted by atomic mass is 9.92. The van der Waals surface area contributed by atoms with E-state index in [0.29, 0.717) is 23.7 Å². The van der Waals surface area contributed by atoms with Crippen LogP contribution >= 0.6 is 0 Å². The molecule has 0 aliphatic carbocycles. The van der Waals surface area contributed by atoms with Gasteiger partial charge in [-0.25, -0.2) is 0 Å². The normalized spacial score (nSPS) is 11.0. The molecular formula is C52H56. The van der Waals surface area contributed by atoms with Crippen LogP contribution in [0.25, 0.3) is 43.1 Å². The molecule has 0 nitrogen and oxygen atoms in total. The molecule has 264 valence electrons. The Labute approximate surface area is 313 Å². The van der Waals surface area contributed by atoms with E-state index in [9.17, 15) is 0 Å². The van der Waals surface area contributed by atoms with Gasteiger partial charge >= 0.3 is 0 Å². The first-order valence-electron chi connectivity index (χ1n) is 19.1. The fourth-order valence-electron chi connectivity index (χ4n) is 6.72. The monoisotopic (exact) mass is 680 g/mol. The van der Waals surface area contributed by atoms with E-state index in [1.807, 2.05) is 6.07 Å². The minimum Gasteiger partial charge on any atom is -0.0622 e. The van der Waals surface area contributed by atoms with Gasteiger partial charge in [-0.15, -0.1) is 0 Å². The van der Waals surface area contributed by atoms with Crippen LogP contribution in [0.15, 0.2) is 170 Å². The maximum Gasteiger partial charge on any atom is -0.0103 e. The summed E-state index contributed by atoms with van der Waals surface area (Å²) in [5, 5.41) is 10.9. The van der Waals surface area contributed by atoms with Gasteiger partial charge in [-0.1, -0.05) is 225 Å². The SMILES string of the molecule is CC(C)c1cc2ccccc2c2ccccc12.CC(C)c1ccc2ccccc2c1.CC(C)c1cccc2ccccc12.CC(C)c1ccccc1.